The Kier molecular flexibility index (Phi) is 1.39. The molecule has 9 heavy (non-hydrogen) atoms. The van der Waals surface area contributed by atoms with Gasteiger partial charge in [0.15, 0.2) is 0 Å². The molecule has 0 unspecified atom stereocenters. The van der Waals surface area contributed by atoms with E-state index < -0.39 is 23.0 Å². The Morgan fingerprint density at radius 1 is 1.56 bits per heavy atom. The molecule has 0 rings (SSSR count). The summed E-state index contributed by atoms with van der Waals surface area (Å²) in [6.07, 6.45) is 0.888. The second-order valence-corrected chi connectivity index (χ2v) is 4.01. The van der Waals surface area contributed by atoms with Crippen LogP contribution in [-0.4, -0.2) is 32.0 Å². The average molecular weight is 154 g/mol. The molecule has 0 aromatic rings. The summed E-state index contributed by atoms with van der Waals surface area (Å²) in [5.41, 5.74) is 0. The van der Waals surface area contributed by atoms with Crippen molar-refractivity contribution in [3.8, 4) is 0 Å². The Labute approximate surface area is 60.9 Å². The van der Waals surface area contributed by atoms with E-state index in [1.807, 2.05) is 0 Å². The fourth-order valence-corrected chi connectivity index (χ4v) is 1.15. The molecule has 4 heteroatoms. The molecule has 3 nitrogen and oxygen atoms in total. The largest absolute Gasteiger partial charge is 0.213 e. The molecule has 0 aromatic heterocycles. The van der Waals surface area contributed by atoms with Crippen molar-refractivity contribution in [1.29, 1.82) is 0 Å². The highest BCUT2D eigenvalue weighted by molar-refractivity contribution is 7.88. The third kappa shape index (κ3) is 2.81. The minimum Gasteiger partial charge on any atom is -0.213 e. The van der Waals surface area contributed by atoms with E-state index in [9.17, 15) is 8.42 Å². The molecule has 0 saturated carbocycles. The van der Waals surface area contributed by atoms with Crippen LogP contribution in [0.15, 0.2) is 0 Å². The first-order chi connectivity index (χ1) is 5.07. The molecule has 0 atom stereocenters. The third-order valence-corrected chi connectivity index (χ3v) is 1.96. The molecule has 0 amide bonds. The Morgan fingerprint density at radius 2 is 2.00 bits per heavy atom. The molecule has 0 N–H and O–H groups in total. The van der Waals surface area contributed by atoms with Gasteiger partial charge >= 0.3 is 0 Å². The first-order valence-corrected chi connectivity index (χ1v) is 4.41. The third-order valence-electron chi connectivity index (χ3n) is 0.826. The highest BCUT2D eigenvalue weighted by Gasteiger charge is 2.12. The smallest absolute Gasteiger partial charge is 0.211 e. The van der Waals surface area contributed by atoms with E-state index in [2.05, 4.69) is 0 Å². The minimum absolute atomic E-state index is 0.514. The fraction of sp³-hybridized carbons (Fsp3) is 1.00. The summed E-state index contributed by atoms with van der Waals surface area (Å²) in [5.74, 6) is 0. The molecule has 0 saturated heterocycles. The Bertz CT molecular complexity index is 244. The van der Waals surface area contributed by atoms with Crippen LogP contribution in [0.4, 0.5) is 0 Å². The Morgan fingerprint density at radius 3 is 2.00 bits per heavy atom. The first kappa shape index (κ1) is 4.68. The number of rotatable bonds is 2. The standard InChI is InChI=1S/C5H13NO2S/c1-5(2)6(3)9(4,7)8/h5H,1-4H3/i3D3. The lowest BCUT2D eigenvalue weighted by Gasteiger charge is -2.17. The first-order valence-electron chi connectivity index (χ1n) is 4.06. The van der Waals surface area contributed by atoms with Crippen LogP contribution < -0.4 is 0 Å². The van der Waals surface area contributed by atoms with E-state index in [4.69, 9.17) is 4.11 Å². The number of hydrogen-bond acceptors (Lipinski definition) is 2. The summed E-state index contributed by atoms with van der Waals surface area (Å²) in [6.45, 7) is 0.461. The van der Waals surface area contributed by atoms with E-state index in [-0.39, 0.29) is 0 Å². The number of nitrogens with zero attached hydrogens (tertiary/aromatic N) is 1. The molecule has 0 fully saturated rings. The van der Waals surface area contributed by atoms with E-state index in [1.54, 1.807) is 0 Å². The molecule has 0 radical (unpaired) electrons. The van der Waals surface area contributed by atoms with E-state index in [0.717, 1.165) is 6.26 Å². The molecular weight excluding hydrogens is 138 g/mol. The summed E-state index contributed by atoms with van der Waals surface area (Å²) in [5, 5.41) is 0. The van der Waals surface area contributed by atoms with Crippen molar-refractivity contribution in [3.05, 3.63) is 0 Å². The lowest BCUT2D eigenvalue weighted by atomic mass is 10.4. The lowest BCUT2D eigenvalue weighted by Crippen LogP contribution is -2.31. The maximum Gasteiger partial charge on any atom is 0.211 e. The normalized spacial score (nSPS) is 19.4. The predicted molar refractivity (Wildman–Crippen MR) is 37.7 cm³/mol. The van der Waals surface area contributed by atoms with Gasteiger partial charge in [-0.3, -0.25) is 0 Å². The molecule has 0 bridgehead atoms. The summed E-state index contributed by atoms with van der Waals surface area (Å²) < 4.78 is 43.4. The summed E-state index contributed by atoms with van der Waals surface area (Å²) in [4.78, 5) is 0. The van der Waals surface area contributed by atoms with Crippen LogP contribution >= 0.6 is 0 Å². The summed E-state index contributed by atoms with van der Waals surface area (Å²) >= 11 is 0. The Hall–Kier alpha value is -0.0900. The van der Waals surface area contributed by atoms with Crippen molar-refractivity contribution in [2.45, 2.75) is 19.9 Å². The van der Waals surface area contributed by atoms with Crippen LogP contribution in [0.25, 0.3) is 0 Å². The number of sulfonamides is 1. The molecule has 0 spiro atoms. The highest BCUT2D eigenvalue weighted by Crippen LogP contribution is 1.98. The zero-order valence-corrected chi connectivity index (χ0v) is 6.57. The SMILES string of the molecule is [2H]C([2H])([2H])N(C(C)C)S(C)(=O)=O. The van der Waals surface area contributed by atoms with Gasteiger partial charge < -0.3 is 0 Å². The molecule has 56 valence electrons. The molecular formula is C5H13NO2S. The van der Waals surface area contributed by atoms with Gasteiger partial charge in [0.1, 0.15) is 0 Å². The molecule has 0 aliphatic carbocycles. The maximum absolute atomic E-state index is 11.0. The van der Waals surface area contributed by atoms with Crippen LogP contribution in [0.3, 0.4) is 0 Å². The topological polar surface area (TPSA) is 37.4 Å². The zero-order valence-electron chi connectivity index (χ0n) is 8.75. The maximum atomic E-state index is 11.0. The fourth-order valence-electron chi connectivity index (χ4n) is 0.383. The van der Waals surface area contributed by atoms with Gasteiger partial charge in [0.05, 0.1) is 6.26 Å². The van der Waals surface area contributed by atoms with Crippen LogP contribution in [0.2, 0.25) is 0 Å². The van der Waals surface area contributed by atoms with Gasteiger partial charge in [-0.2, -0.15) is 0 Å². The minimum atomic E-state index is -3.65. The number of hydrogen-bond donors (Lipinski definition) is 0. The van der Waals surface area contributed by atoms with Gasteiger partial charge in [-0.05, 0) is 13.8 Å². The van der Waals surface area contributed by atoms with Crippen LogP contribution in [0.1, 0.15) is 18.0 Å². The van der Waals surface area contributed by atoms with E-state index in [1.165, 1.54) is 13.8 Å². The van der Waals surface area contributed by atoms with Crippen LogP contribution in [-0.2, 0) is 10.0 Å². The van der Waals surface area contributed by atoms with Crippen molar-refractivity contribution in [2.75, 3.05) is 13.2 Å². The van der Waals surface area contributed by atoms with Gasteiger partial charge in [-0.15, -0.1) is 0 Å². The second kappa shape index (κ2) is 2.66. The van der Waals surface area contributed by atoms with E-state index >= 15 is 0 Å². The molecule has 0 aromatic carbocycles. The van der Waals surface area contributed by atoms with Gasteiger partial charge in [-0.25, -0.2) is 12.7 Å². The van der Waals surface area contributed by atoms with Crippen molar-refractivity contribution >= 4 is 10.0 Å². The van der Waals surface area contributed by atoms with Gasteiger partial charge in [0, 0.05) is 17.1 Å². The zero-order chi connectivity index (χ0) is 10.2. The van der Waals surface area contributed by atoms with Crippen LogP contribution in [0.5, 0.6) is 0 Å². The highest BCUT2D eigenvalue weighted by atomic mass is 32.2. The molecule has 0 aliphatic rings. The predicted octanol–water partition coefficient (Wildman–Crippen LogP) is 0.286. The van der Waals surface area contributed by atoms with Crippen molar-refractivity contribution in [1.82, 2.24) is 4.31 Å². The Balaban J connectivity index is 4.97. The van der Waals surface area contributed by atoms with Gasteiger partial charge in [0.25, 0.3) is 0 Å². The van der Waals surface area contributed by atoms with Gasteiger partial charge in [-0.1, -0.05) is 0 Å². The van der Waals surface area contributed by atoms with Gasteiger partial charge in [0.2, 0.25) is 10.0 Å². The molecule has 0 heterocycles. The van der Waals surface area contributed by atoms with Crippen molar-refractivity contribution in [3.63, 3.8) is 0 Å². The van der Waals surface area contributed by atoms with Crippen molar-refractivity contribution in [2.24, 2.45) is 0 Å². The lowest BCUT2D eigenvalue weighted by molar-refractivity contribution is 0.414. The monoisotopic (exact) mass is 154 g/mol. The molecule has 0 aliphatic heterocycles. The summed E-state index contributed by atoms with van der Waals surface area (Å²) in [6, 6.07) is -0.549. The quantitative estimate of drug-likeness (QED) is 0.573. The van der Waals surface area contributed by atoms with Crippen molar-refractivity contribution < 1.29 is 12.5 Å². The van der Waals surface area contributed by atoms with Crippen LogP contribution in [0, 0.1) is 0 Å². The van der Waals surface area contributed by atoms with E-state index in [0.29, 0.717) is 4.31 Å². The average Bonchev–Trinajstić information content (AvgIpc) is 1.49. The second-order valence-electron chi connectivity index (χ2n) is 2.15. The summed E-state index contributed by atoms with van der Waals surface area (Å²) in [7, 11) is -3.65.